The molecule has 17 nitrogen and oxygen atoms in total. The number of aromatic nitrogens is 1. The van der Waals surface area contributed by atoms with Crippen molar-refractivity contribution in [3.05, 3.63) is 36.0 Å². The molecule has 0 spiro atoms. The van der Waals surface area contributed by atoms with Crippen LogP contribution in [0.3, 0.4) is 0 Å². The second kappa shape index (κ2) is 22.9. The van der Waals surface area contributed by atoms with Crippen LogP contribution in [0.15, 0.2) is 30.5 Å². The monoisotopic (exact) mass is 701 g/mol. The standard InChI is InChI=1S/C33H55N11O6/c34-14-6-3-10-23(37)31(48)44-27(17-21-18-39-24-11-2-1-9-22(21)24)32(49)41-19-28(45)40-20-29(46)42-26(13-5-8-16-36)33(50)43-25(30(38)47)12-4-7-15-35/h1-2,9,11,18,23,25-27,39H,3-8,10,12-17,19-20,34-37H2,(H2,38,47)(H,40,45)(H,41,49)(H,42,46)(H,43,50)(H,44,48)/t23-,25-,26-,27-/m0/s1. The van der Waals surface area contributed by atoms with Gasteiger partial charge in [-0.1, -0.05) is 24.6 Å². The molecule has 1 aromatic heterocycles. The minimum atomic E-state index is -1.05. The summed E-state index contributed by atoms with van der Waals surface area (Å²) < 4.78 is 0. The van der Waals surface area contributed by atoms with Crippen molar-refractivity contribution in [1.82, 2.24) is 31.6 Å². The number of primary amides is 1. The van der Waals surface area contributed by atoms with Crippen LogP contribution in [0, 0.1) is 0 Å². The van der Waals surface area contributed by atoms with Gasteiger partial charge >= 0.3 is 0 Å². The first-order valence-corrected chi connectivity index (χ1v) is 17.1. The minimum Gasteiger partial charge on any atom is -0.368 e. The molecule has 16 N–H and O–H groups in total. The van der Waals surface area contributed by atoms with Crippen LogP contribution >= 0.6 is 0 Å². The number of hydrogen-bond donors (Lipinski definition) is 11. The molecule has 4 atom stereocenters. The Morgan fingerprint density at radius 1 is 0.640 bits per heavy atom. The van der Waals surface area contributed by atoms with Crippen molar-refractivity contribution in [3.8, 4) is 0 Å². The summed E-state index contributed by atoms with van der Waals surface area (Å²) in [4.78, 5) is 79.6. The lowest BCUT2D eigenvalue weighted by Crippen LogP contribution is -2.55. The Hall–Kier alpha value is -4.58. The zero-order valence-electron chi connectivity index (χ0n) is 28.6. The molecule has 2 aromatic rings. The van der Waals surface area contributed by atoms with Crippen LogP contribution in [0.4, 0.5) is 0 Å². The van der Waals surface area contributed by atoms with E-state index in [0.717, 1.165) is 16.5 Å². The molecule has 0 fully saturated rings. The largest absolute Gasteiger partial charge is 0.368 e. The van der Waals surface area contributed by atoms with E-state index in [1.54, 1.807) is 6.20 Å². The number of carbonyl (C=O) groups is 6. The molecular weight excluding hydrogens is 646 g/mol. The highest BCUT2D eigenvalue weighted by Crippen LogP contribution is 2.19. The van der Waals surface area contributed by atoms with Crippen LogP contribution in [0.2, 0.25) is 0 Å². The summed E-state index contributed by atoms with van der Waals surface area (Å²) >= 11 is 0. The Morgan fingerprint density at radius 3 is 1.86 bits per heavy atom. The van der Waals surface area contributed by atoms with E-state index < -0.39 is 72.7 Å². The van der Waals surface area contributed by atoms with Gasteiger partial charge in [-0.05, 0) is 82.6 Å². The van der Waals surface area contributed by atoms with Crippen molar-refractivity contribution in [2.24, 2.45) is 28.7 Å². The molecule has 0 saturated carbocycles. The first kappa shape index (κ1) is 41.6. The van der Waals surface area contributed by atoms with Gasteiger partial charge in [0.2, 0.25) is 35.4 Å². The topological polar surface area (TPSA) is 308 Å². The van der Waals surface area contributed by atoms with E-state index >= 15 is 0 Å². The normalized spacial score (nSPS) is 13.4. The Morgan fingerprint density at radius 2 is 1.22 bits per heavy atom. The summed E-state index contributed by atoms with van der Waals surface area (Å²) in [5.41, 5.74) is 29.8. The first-order valence-electron chi connectivity index (χ1n) is 17.1. The maximum atomic E-state index is 13.3. The SMILES string of the molecule is NCCCC[C@H](NC(=O)[C@H](CCCCN)NC(=O)CNC(=O)CNC(=O)[C@H](Cc1c[nH]c2ccccc12)NC(=O)[C@@H](N)CCCCN)C(N)=O. The van der Waals surface area contributed by atoms with Crippen molar-refractivity contribution >= 4 is 46.3 Å². The van der Waals surface area contributed by atoms with Crippen LogP contribution in [-0.2, 0) is 35.2 Å². The molecule has 1 heterocycles. The molecule has 0 radical (unpaired) electrons. The molecule has 0 saturated heterocycles. The second-order valence-corrected chi connectivity index (χ2v) is 12.2. The predicted molar refractivity (Wildman–Crippen MR) is 190 cm³/mol. The first-order chi connectivity index (χ1) is 24.0. The Kier molecular flexibility index (Phi) is 19.1. The Bertz CT molecular complexity index is 1400. The molecule has 0 aliphatic heterocycles. The molecule has 2 rings (SSSR count). The van der Waals surface area contributed by atoms with Crippen LogP contribution in [0.25, 0.3) is 10.9 Å². The Labute approximate surface area is 292 Å². The zero-order valence-corrected chi connectivity index (χ0v) is 28.6. The summed E-state index contributed by atoms with van der Waals surface area (Å²) in [6, 6.07) is 3.68. The number of para-hydroxylation sites is 1. The molecule has 0 aliphatic rings. The summed E-state index contributed by atoms with van der Waals surface area (Å²) in [6.45, 7) is 0.318. The van der Waals surface area contributed by atoms with Crippen molar-refractivity contribution in [3.63, 3.8) is 0 Å². The molecule has 17 heteroatoms. The number of rotatable bonds is 25. The number of fused-ring (bicyclic) bond motifs is 1. The number of carbonyl (C=O) groups excluding carboxylic acids is 6. The summed E-state index contributed by atoms with van der Waals surface area (Å²) in [7, 11) is 0. The van der Waals surface area contributed by atoms with Crippen LogP contribution < -0.4 is 55.3 Å². The number of nitrogens with one attached hydrogen (secondary N) is 6. The maximum Gasteiger partial charge on any atom is 0.243 e. The van der Waals surface area contributed by atoms with E-state index in [9.17, 15) is 28.8 Å². The van der Waals surface area contributed by atoms with E-state index in [4.69, 9.17) is 28.7 Å². The number of nitrogens with two attached hydrogens (primary N) is 5. The van der Waals surface area contributed by atoms with Crippen LogP contribution in [0.5, 0.6) is 0 Å². The van der Waals surface area contributed by atoms with Gasteiger partial charge in [0.15, 0.2) is 0 Å². The third-order valence-electron chi connectivity index (χ3n) is 8.11. The van der Waals surface area contributed by atoms with E-state index in [1.165, 1.54) is 0 Å². The average molecular weight is 702 g/mol. The number of unbranched alkanes of at least 4 members (excludes halogenated alkanes) is 3. The molecule has 0 unspecified atom stereocenters. The highest BCUT2D eigenvalue weighted by atomic mass is 16.2. The third-order valence-corrected chi connectivity index (χ3v) is 8.11. The van der Waals surface area contributed by atoms with Crippen molar-refractivity contribution < 1.29 is 28.8 Å². The molecule has 1 aromatic carbocycles. The van der Waals surface area contributed by atoms with Gasteiger partial charge in [-0.2, -0.15) is 0 Å². The number of amides is 6. The summed E-state index contributed by atoms with van der Waals surface area (Å²) in [5, 5.41) is 13.7. The van der Waals surface area contributed by atoms with Gasteiger partial charge in [0.1, 0.15) is 18.1 Å². The lowest BCUT2D eigenvalue weighted by Gasteiger charge is -2.22. The number of H-pyrrole nitrogens is 1. The lowest BCUT2D eigenvalue weighted by atomic mass is 10.0. The van der Waals surface area contributed by atoms with Gasteiger partial charge in [0.25, 0.3) is 0 Å². The van der Waals surface area contributed by atoms with Crippen molar-refractivity contribution in [2.75, 3.05) is 32.7 Å². The van der Waals surface area contributed by atoms with Gasteiger partial charge in [0.05, 0.1) is 19.1 Å². The molecule has 278 valence electrons. The van der Waals surface area contributed by atoms with Gasteiger partial charge in [-0.3, -0.25) is 28.8 Å². The smallest absolute Gasteiger partial charge is 0.243 e. The molecular formula is C33H55N11O6. The molecule has 0 bridgehead atoms. The van der Waals surface area contributed by atoms with Crippen molar-refractivity contribution in [1.29, 1.82) is 0 Å². The minimum absolute atomic E-state index is 0.123. The van der Waals surface area contributed by atoms with E-state index in [0.29, 0.717) is 71.0 Å². The highest BCUT2D eigenvalue weighted by molar-refractivity contribution is 5.95. The molecule has 50 heavy (non-hydrogen) atoms. The average Bonchev–Trinajstić information content (AvgIpc) is 3.51. The van der Waals surface area contributed by atoms with Gasteiger partial charge in [-0.25, -0.2) is 0 Å². The van der Waals surface area contributed by atoms with E-state index in [1.807, 2.05) is 24.3 Å². The fourth-order valence-electron chi connectivity index (χ4n) is 5.24. The fraction of sp³-hybridized carbons (Fsp3) is 0.576. The van der Waals surface area contributed by atoms with Crippen LogP contribution in [-0.4, -0.2) is 97.3 Å². The Balaban J connectivity index is 1.99. The maximum absolute atomic E-state index is 13.3. The fourth-order valence-corrected chi connectivity index (χ4v) is 5.24. The zero-order chi connectivity index (χ0) is 36.9. The van der Waals surface area contributed by atoms with Gasteiger partial charge < -0.3 is 60.2 Å². The number of hydrogen-bond acceptors (Lipinski definition) is 10. The van der Waals surface area contributed by atoms with E-state index in [-0.39, 0.29) is 12.8 Å². The summed E-state index contributed by atoms with van der Waals surface area (Å²) in [6.07, 6.45) is 6.54. The second-order valence-electron chi connectivity index (χ2n) is 12.2. The lowest BCUT2D eigenvalue weighted by molar-refractivity contribution is -0.132. The molecule has 6 amide bonds. The van der Waals surface area contributed by atoms with Crippen LogP contribution in [0.1, 0.15) is 63.4 Å². The van der Waals surface area contributed by atoms with Gasteiger partial charge in [-0.15, -0.1) is 0 Å². The third kappa shape index (κ3) is 14.9. The highest BCUT2D eigenvalue weighted by Gasteiger charge is 2.27. The quantitative estimate of drug-likeness (QED) is 0.0488. The summed E-state index contributed by atoms with van der Waals surface area (Å²) in [5.74, 6) is -3.76. The molecule has 0 aliphatic carbocycles. The predicted octanol–water partition coefficient (Wildman–Crippen LogP) is -2.40. The van der Waals surface area contributed by atoms with Crippen molar-refractivity contribution in [2.45, 2.75) is 88.4 Å². The van der Waals surface area contributed by atoms with Gasteiger partial charge in [0, 0.05) is 23.5 Å². The number of aromatic amines is 1. The van der Waals surface area contributed by atoms with E-state index in [2.05, 4.69) is 31.6 Å². The number of benzene rings is 1.